The maximum Gasteiger partial charge on any atom is 0.123 e. The van der Waals surface area contributed by atoms with Gasteiger partial charge in [0.1, 0.15) is 5.75 Å². The Labute approximate surface area is 129 Å². The minimum Gasteiger partial charge on any atom is -0.496 e. The van der Waals surface area contributed by atoms with Crippen LogP contribution in [0.3, 0.4) is 0 Å². The summed E-state index contributed by atoms with van der Waals surface area (Å²) in [5.74, 6) is 1.56. The Morgan fingerprint density at radius 2 is 2.30 bits per heavy atom. The van der Waals surface area contributed by atoms with Gasteiger partial charge in [-0.15, -0.1) is 0 Å². The number of rotatable bonds is 5. The van der Waals surface area contributed by atoms with Crippen LogP contribution in [0, 0.1) is 5.92 Å². The summed E-state index contributed by atoms with van der Waals surface area (Å²) in [7, 11) is 1.69. The molecule has 0 radical (unpaired) electrons. The predicted octanol–water partition coefficient (Wildman–Crippen LogP) is 3.49. The molecule has 1 aliphatic rings. The van der Waals surface area contributed by atoms with Gasteiger partial charge in [0.15, 0.2) is 0 Å². The second kappa shape index (κ2) is 6.92. The molecule has 0 heterocycles. The standard InChI is InChI=1S/C16H24BrNO2/c1-12-4-3-7-16(9-12,11-19)18-10-13-8-14(17)5-6-15(13)20-2/h5-6,8,12,18-19H,3-4,7,9-11H2,1-2H3. The van der Waals surface area contributed by atoms with Crippen LogP contribution in [-0.2, 0) is 6.54 Å². The number of hydrogen-bond acceptors (Lipinski definition) is 3. The molecule has 1 fully saturated rings. The minimum absolute atomic E-state index is 0.134. The van der Waals surface area contributed by atoms with E-state index in [2.05, 4.69) is 34.2 Å². The van der Waals surface area contributed by atoms with Crippen molar-refractivity contribution in [2.45, 2.75) is 44.7 Å². The monoisotopic (exact) mass is 341 g/mol. The lowest BCUT2D eigenvalue weighted by molar-refractivity contribution is 0.0980. The van der Waals surface area contributed by atoms with Crippen molar-refractivity contribution in [1.82, 2.24) is 5.32 Å². The van der Waals surface area contributed by atoms with Crippen LogP contribution in [0.4, 0.5) is 0 Å². The molecule has 0 aliphatic heterocycles. The van der Waals surface area contributed by atoms with Crippen molar-refractivity contribution in [2.24, 2.45) is 5.92 Å². The summed E-state index contributed by atoms with van der Waals surface area (Å²) in [5.41, 5.74) is 0.985. The molecule has 112 valence electrons. The Balaban J connectivity index is 2.08. The molecule has 2 N–H and O–H groups in total. The number of halogens is 1. The van der Waals surface area contributed by atoms with Crippen LogP contribution in [0.15, 0.2) is 22.7 Å². The number of aliphatic hydroxyl groups excluding tert-OH is 1. The average Bonchev–Trinajstić information content (AvgIpc) is 2.45. The molecule has 2 unspecified atom stereocenters. The fourth-order valence-electron chi connectivity index (χ4n) is 3.19. The van der Waals surface area contributed by atoms with Crippen molar-refractivity contribution in [3.8, 4) is 5.75 Å². The van der Waals surface area contributed by atoms with Crippen LogP contribution in [-0.4, -0.2) is 24.4 Å². The highest BCUT2D eigenvalue weighted by atomic mass is 79.9. The molecular weight excluding hydrogens is 318 g/mol. The van der Waals surface area contributed by atoms with Gasteiger partial charge in [0.2, 0.25) is 0 Å². The number of benzene rings is 1. The van der Waals surface area contributed by atoms with Crippen molar-refractivity contribution in [1.29, 1.82) is 0 Å². The van der Waals surface area contributed by atoms with E-state index in [4.69, 9.17) is 4.74 Å². The van der Waals surface area contributed by atoms with Crippen LogP contribution in [0.25, 0.3) is 0 Å². The molecule has 20 heavy (non-hydrogen) atoms. The van der Waals surface area contributed by atoms with Gasteiger partial charge < -0.3 is 15.2 Å². The van der Waals surface area contributed by atoms with Crippen LogP contribution in [0.2, 0.25) is 0 Å². The zero-order valence-corrected chi connectivity index (χ0v) is 13.9. The third-order valence-electron chi connectivity index (χ3n) is 4.29. The second-order valence-corrected chi connectivity index (χ2v) is 6.87. The fraction of sp³-hybridized carbons (Fsp3) is 0.625. The summed E-state index contributed by atoms with van der Waals surface area (Å²) < 4.78 is 6.45. The number of aliphatic hydroxyl groups is 1. The van der Waals surface area contributed by atoms with Gasteiger partial charge in [-0.2, -0.15) is 0 Å². The number of ether oxygens (including phenoxy) is 1. The molecule has 0 saturated heterocycles. The molecule has 3 nitrogen and oxygen atoms in total. The van der Waals surface area contributed by atoms with E-state index in [-0.39, 0.29) is 12.1 Å². The highest BCUT2D eigenvalue weighted by Gasteiger charge is 2.33. The maximum absolute atomic E-state index is 9.82. The maximum atomic E-state index is 9.82. The lowest BCUT2D eigenvalue weighted by atomic mass is 9.77. The third-order valence-corrected chi connectivity index (χ3v) is 4.78. The summed E-state index contributed by atoms with van der Waals surface area (Å²) in [6.07, 6.45) is 4.54. The molecule has 1 saturated carbocycles. The Morgan fingerprint density at radius 3 is 2.95 bits per heavy atom. The van der Waals surface area contributed by atoms with Gasteiger partial charge in [-0.25, -0.2) is 0 Å². The summed E-state index contributed by atoms with van der Waals surface area (Å²) in [4.78, 5) is 0. The predicted molar refractivity (Wildman–Crippen MR) is 85.0 cm³/mol. The SMILES string of the molecule is COc1ccc(Br)cc1CNC1(CO)CCCC(C)C1. The molecule has 1 aromatic carbocycles. The summed E-state index contributed by atoms with van der Waals surface area (Å²) in [5, 5.41) is 13.4. The van der Waals surface area contributed by atoms with E-state index in [0.717, 1.165) is 35.2 Å². The first kappa shape index (κ1) is 15.8. The first-order chi connectivity index (χ1) is 9.58. The molecule has 4 heteroatoms. The molecule has 2 atom stereocenters. The van der Waals surface area contributed by atoms with Gasteiger partial charge in [-0.3, -0.25) is 0 Å². The minimum atomic E-state index is -0.134. The van der Waals surface area contributed by atoms with E-state index in [1.165, 1.54) is 12.8 Å². The van der Waals surface area contributed by atoms with Gasteiger partial charge in [-0.05, 0) is 37.0 Å². The van der Waals surface area contributed by atoms with Crippen molar-refractivity contribution in [2.75, 3.05) is 13.7 Å². The van der Waals surface area contributed by atoms with Gasteiger partial charge in [0, 0.05) is 22.1 Å². The molecule has 0 spiro atoms. The fourth-order valence-corrected chi connectivity index (χ4v) is 3.60. The van der Waals surface area contributed by atoms with Crippen LogP contribution < -0.4 is 10.1 Å². The molecule has 0 bridgehead atoms. The van der Waals surface area contributed by atoms with Crippen LogP contribution in [0.5, 0.6) is 5.75 Å². The lowest BCUT2D eigenvalue weighted by Gasteiger charge is -2.39. The molecule has 0 aromatic heterocycles. The normalized spacial score (nSPS) is 26.5. The highest BCUT2D eigenvalue weighted by molar-refractivity contribution is 9.10. The summed E-state index contributed by atoms with van der Waals surface area (Å²) >= 11 is 3.50. The third kappa shape index (κ3) is 3.74. The van der Waals surface area contributed by atoms with E-state index in [0.29, 0.717) is 5.92 Å². The van der Waals surface area contributed by atoms with Crippen molar-refractivity contribution in [3.63, 3.8) is 0 Å². The molecule has 2 rings (SSSR count). The van der Waals surface area contributed by atoms with Gasteiger partial charge in [-0.1, -0.05) is 35.7 Å². The average molecular weight is 342 g/mol. The van der Waals surface area contributed by atoms with Crippen molar-refractivity contribution < 1.29 is 9.84 Å². The summed E-state index contributed by atoms with van der Waals surface area (Å²) in [6, 6.07) is 6.02. The van der Waals surface area contributed by atoms with Crippen molar-refractivity contribution >= 4 is 15.9 Å². The van der Waals surface area contributed by atoms with Gasteiger partial charge in [0.05, 0.1) is 13.7 Å². The van der Waals surface area contributed by atoms with E-state index >= 15 is 0 Å². The number of hydrogen-bond donors (Lipinski definition) is 2. The largest absolute Gasteiger partial charge is 0.496 e. The lowest BCUT2D eigenvalue weighted by Crippen LogP contribution is -2.51. The molecule has 1 aliphatic carbocycles. The second-order valence-electron chi connectivity index (χ2n) is 5.95. The Morgan fingerprint density at radius 1 is 1.50 bits per heavy atom. The van der Waals surface area contributed by atoms with Crippen molar-refractivity contribution in [3.05, 3.63) is 28.2 Å². The zero-order chi connectivity index (χ0) is 14.6. The topological polar surface area (TPSA) is 41.5 Å². The molecule has 0 amide bonds. The number of nitrogens with one attached hydrogen (secondary N) is 1. The highest BCUT2D eigenvalue weighted by Crippen LogP contribution is 2.33. The first-order valence-electron chi connectivity index (χ1n) is 7.27. The van der Waals surface area contributed by atoms with E-state index < -0.39 is 0 Å². The Bertz CT molecular complexity index is 452. The first-order valence-corrected chi connectivity index (χ1v) is 8.06. The van der Waals surface area contributed by atoms with Crippen LogP contribution in [0.1, 0.15) is 38.2 Å². The smallest absolute Gasteiger partial charge is 0.123 e. The Hall–Kier alpha value is -0.580. The van der Waals surface area contributed by atoms with E-state index in [1.54, 1.807) is 7.11 Å². The molecular formula is C16H24BrNO2. The Kier molecular flexibility index (Phi) is 5.47. The van der Waals surface area contributed by atoms with Crippen LogP contribution >= 0.6 is 15.9 Å². The van der Waals surface area contributed by atoms with Gasteiger partial charge >= 0.3 is 0 Å². The van der Waals surface area contributed by atoms with Gasteiger partial charge in [0.25, 0.3) is 0 Å². The zero-order valence-electron chi connectivity index (χ0n) is 12.3. The summed E-state index contributed by atoms with van der Waals surface area (Å²) in [6.45, 7) is 3.19. The molecule has 1 aromatic rings. The van der Waals surface area contributed by atoms with E-state index in [1.807, 2.05) is 12.1 Å². The number of methoxy groups -OCH3 is 1. The van der Waals surface area contributed by atoms with E-state index in [9.17, 15) is 5.11 Å². The quantitative estimate of drug-likeness (QED) is 0.861.